The second-order valence-corrected chi connectivity index (χ2v) is 7.00. The molecule has 0 aliphatic carbocycles. The molecule has 9 heavy (non-hydrogen) atoms. The summed E-state index contributed by atoms with van der Waals surface area (Å²) in [6.45, 7) is 6.64. The molecule has 0 heterocycles. The Bertz CT molecular complexity index is 37.1. The fraction of sp³-hybridized carbons (Fsp3) is 1.00. The first kappa shape index (κ1) is 12.2. The molecule has 0 radical (unpaired) electrons. The van der Waals surface area contributed by atoms with E-state index in [4.69, 9.17) is 0 Å². The molecule has 0 aromatic carbocycles. The molecule has 0 saturated carbocycles. The minimum absolute atomic E-state index is 0.139. The van der Waals surface area contributed by atoms with E-state index in [1.54, 1.807) is 0 Å². The molecule has 0 aromatic heterocycles. The number of hydrogen-bond donors (Lipinski definition) is 0. The summed E-state index contributed by atoms with van der Waals surface area (Å²) in [6, 6.07) is 0. The zero-order valence-corrected chi connectivity index (χ0v) is 9.02. The van der Waals surface area contributed by atoms with Gasteiger partial charge in [-0.25, -0.2) is 0 Å². The van der Waals surface area contributed by atoms with Gasteiger partial charge in [0.1, 0.15) is 0 Å². The standard InChI is InChI=1S/C5H12.3CH3.Al/c1-4-5(2)3;;;;/h5H,4H2,1-3H3;3*1H3;. The zero-order chi connectivity index (χ0) is 7.86. The smallest absolute Gasteiger partial charge is 0.106 e. The Labute approximate surface area is 65.0 Å². The lowest BCUT2D eigenvalue weighted by Gasteiger charge is -1.90. The van der Waals surface area contributed by atoms with Gasteiger partial charge in [0.2, 0.25) is 0 Å². The van der Waals surface area contributed by atoms with Gasteiger partial charge in [0.05, 0.1) is 0 Å². The van der Waals surface area contributed by atoms with Crippen LogP contribution in [0.5, 0.6) is 0 Å². The Balaban J connectivity index is 0. The second kappa shape index (κ2) is 8.53. The molecule has 56 valence electrons. The van der Waals surface area contributed by atoms with Crippen LogP contribution in [0.2, 0.25) is 17.4 Å². The van der Waals surface area contributed by atoms with Crippen molar-refractivity contribution in [2.75, 3.05) is 0 Å². The van der Waals surface area contributed by atoms with Crippen LogP contribution in [0.1, 0.15) is 27.2 Å². The van der Waals surface area contributed by atoms with Gasteiger partial charge in [-0.15, -0.1) is 17.4 Å². The predicted molar refractivity (Wildman–Crippen MR) is 48.5 cm³/mol. The van der Waals surface area contributed by atoms with Gasteiger partial charge in [0.15, 0.2) is 0 Å². The summed E-state index contributed by atoms with van der Waals surface area (Å²) in [7, 11) is 0. The van der Waals surface area contributed by atoms with Crippen molar-refractivity contribution in [2.24, 2.45) is 5.92 Å². The predicted octanol–water partition coefficient (Wildman–Crippen LogP) is 3.42. The van der Waals surface area contributed by atoms with Gasteiger partial charge in [-0.3, -0.25) is 0 Å². The molecule has 0 spiro atoms. The molecule has 0 amide bonds. The van der Waals surface area contributed by atoms with Crippen LogP contribution in [0.15, 0.2) is 0 Å². The van der Waals surface area contributed by atoms with Crippen LogP contribution in [0.25, 0.3) is 0 Å². The molecular weight excluding hydrogens is 123 g/mol. The number of rotatable bonds is 1. The minimum Gasteiger partial charge on any atom is -0.106 e. The van der Waals surface area contributed by atoms with Crippen molar-refractivity contribution >= 4 is 14.1 Å². The van der Waals surface area contributed by atoms with E-state index in [-0.39, 0.29) is 14.1 Å². The van der Waals surface area contributed by atoms with Crippen molar-refractivity contribution in [3.8, 4) is 0 Å². The quantitative estimate of drug-likeness (QED) is 0.495. The summed E-state index contributed by atoms with van der Waals surface area (Å²) in [5.74, 6) is 7.80. The van der Waals surface area contributed by atoms with Crippen molar-refractivity contribution in [3.05, 3.63) is 0 Å². The fourth-order valence-electron chi connectivity index (χ4n) is 0. The van der Waals surface area contributed by atoms with E-state index in [9.17, 15) is 0 Å². The molecule has 0 rings (SSSR count). The first-order valence-electron chi connectivity index (χ1n) is 4.00. The maximum atomic E-state index is 2.31. The summed E-state index contributed by atoms with van der Waals surface area (Å²) >= 11 is -0.139. The van der Waals surface area contributed by atoms with E-state index < -0.39 is 0 Å². The SMILES string of the molecule is CCC(C)C.[CH3][Al]([CH3])[CH3]. The van der Waals surface area contributed by atoms with Crippen LogP contribution in [-0.2, 0) is 0 Å². The van der Waals surface area contributed by atoms with E-state index in [0.29, 0.717) is 0 Å². The third-order valence-electron chi connectivity index (χ3n) is 0.816. The van der Waals surface area contributed by atoms with Crippen LogP contribution >= 0.6 is 0 Å². The van der Waals surface area contributed by atoms with Crippen LogP contribution in [0.4, 0.5) is 0 Å². The summed E-state index contributed by atoms with van der Waals surface area (Å²) < 4.78 is 0. The molecule has 0 fully saturated rings. The molecule has 0 saturated heterocycles. The molecule has 0 aromatic rings. The third kappa shape index (κ3) is 56.8. The van der Waals surface area contributed by atoms with Crippen LogP contribution in [-0.4, -0.2) is 14.1 Å². The topological polar surface area (TPSA) is 0 Å². The first-order chi connectivity index (χ1) is 4.00. The molecular formula is C8H21Al. The van der Waals surface area contributed by atoms with Crippen LogP contribution in [0.3, 0.4) is 0 Å². The summed E-state index contributed by atoms with van der Waals surface area (Å²) in [5, 5.41) is 0. The Morgan fingerprint density at radius 1 is 1.11 bits per heavy atom. The Kier molecular flexibility index (Phi) is 11.6. The zero-order valence-electron chi connectivity index (χ0n) is 7.86. The van der Waals surface area contributed by atoms with Gasteiger partial charge < -0.3 is 0 Å². The lowest BCUT2D eigenvalue weighted by Crippen LogP contribution is -1.84. The van der Waals surface area contributed by atoms with Gasteiger partial charge >= 0.3 is 0 Å². The average molecular weight is 144 g/mol. The molecule has 0 atom stereocenters. The molecule has 0 aliphatic heterocycles. The molecule has 0 aliphatic rings. The largest absolute Gasteiger partial charge is 0.251 e. The maximum absolute atomic E-state index is 2.31. The molecule has 1 heteroatoms. The van der Waals surface area contributed by atoms with E-state index in [2.05, 4.69) is 38.1 Å². The highest BCUT2D eigenvalue weighted by Gasteiger charge is 1.82. The highest BCUT2D eigenvalue weighted by atomic mass is 27.2. The van der Waals surface area contributed by atoms with Crippen molar-refractivity contribution in [3.63, 3.8) is 0 Å². The maximum Gasteiger partial charge on any atom is 0.251 e. The minimum atomic E-state index is -0.139. The van der Waals surface area contributed by atoms with Crippen LogP contribution < -0.4 is 0 Å². The fourth-order valence-corrected chi connectivity index (χ4v) is 0. The van der Waals surface area contributed by atoms with Crippen molar-refractivity contribution in [1.82, 2.24) is 0 Å². The van der Waals surface area contributed by atoms with Crippen molar-refractivity contribution in [2.45, 2.75) is 44.5 Å². The van der Waals surface area contributed by atoms with E-state index in [1.165, 1.54) is 6.42 Å². The second-order valence-electron chi connectivity index (χ2n) is 3.53. The summed E-state index contributed by atoms with van der Waals surface area (Å²) in [5.41, 5.74) is 0. The lowest BCUT2D eigenvalue weighted by molar-refractivity contribution is 0.626. The molecule has 0 unspecified atom stereocenters. The molecule has 0 bridgehead atoms. The first-order valence-corrected chi connectivity index (χ1v) is 7.47. The van der Waals surface area contributed by atoms with Crippen molar-refractivity contribution < 1.29 is 0 Å². The molecule has 0 nitrogen and oxygen atoms in total. The Hall–Kier alpha value is 0.532. The van der Waals surface area contributed by atoms with Gasteiger partial charge in [-0.1, -0.05) is 27.2 Å². The summed E-state index contributed by atoms with van der Waals surface area (Å²) in [4.78, 5) is 0. The average Bonchev–Trinajstić information content (AvgIpc) is 1.65. The van der Waals surface area contributed by atoms with Gasteiger partial charge in [-0.2, -0.15) is 0 Å². The highest BCUT2D eigenvalue weighted by Crippen LogP contribution is 1.93. The van der Waals surface area contributed by atoms with E-state index in [0.717, 1.165) is 5.92 Å². The third-order valence-corrected chi connectivity index (χ3v) is 0.816. The summed E-state index contributed by atoms with van der Waals surface area (Å²) in [6.07, 6.45) is 1.31. The monoisotopic (exact) mass is 144 g/mol. The highest BCUT2D eigenvalue weighted by molar-refractivity contribution is 6.54. The lowest BCUT2D eigenvalue weighted by atomic mass is 10.2. The number of hydrogen-bond acceptors (Lipinski definition) is 0. The Morgan fingerprint density at radius 3 is 1.22 bits per heavy atom. The van der Waals surface area contributed by atoms with Gasteiger partial charge in [-0.05, 0) is 5.92 Å². The molecule has 0 N–H and O–H groups in total. The van der Waals surface area contributed by atoms with E-state index >= 15 is 0 Å². The van der Waals surface area contributed by atoms with Crippen molar-refractivity contribution in [1.29, 1.82) is 0 Å². The normalized spacial score (nSPS) is 8.33. The van der Waals surface area contributed by atoms with Crippen LogP contribution in [0, 0.1) is 5.92 Å². The van der Waals surface area contributed by atoms with Gasteiger partial charge in [0.25, 0.3) is 14.1 Å². The van der Waals surface area contributed by atoms with Gasteiger partial charge in [0, 0.05) is 0 Å². The van der Waals surface area contributed by atoms with E-state index in [1.807, 2.05) is 0 Å². The Morgan fingerprint density at radius 2 is 1.22 bits per heavy atom.